The number of likely N-dealkylation sites (N-methyl/N-ethyl adjacent to an activating group) is 1. The Morgan fingerprint density at radius 3 is 2.50 bits per heavy atom. The second kappa shape index (κ2) is 10.5. The fraction of sp³-hybridized carbons (Fsp3) is 0.350. The highest BCUT2D eigenvalue weighted by Gasteiger charge is 2.15. The fourth-order valence-corrected chi connectivity index (χ4v) is 3.73. The Hall–Kier alpha value is -1.69. The van der Waals surface area contributed by atoms with E-state index in [0.717, 1.165) is 21.2 Å². The van der Waals surface area contributed by atoms with Crippen LogP contribution in [-0.4, -0.2) is 44.3 Å². The molecule has 6 heteroatoms. The van der Waals surface area contributed by atoms with Gasteiger partial charge in [0.2, 0.25) is 5.91 Å². The molecular formula is C20H25ClN2O2S. The van der Waals surface area contributed by atoms with Crippen molar-refractivity contribution in [2.45, 2.75) is 17.4 Å². The molecule has 0 saturated heterocycles. The maximum absolute atomic E-state index is 12.2. The molecule has 4 nitrogen and oxygen atoms in total. The summed E-state index contributed by atoms with van der Waals surface area (Å²) in [5, 5.41) is 3.76. The van der Waals surface area contributed by atoms with Gasteiger partial charge < -0.3 is 15.0 Å². The average molecular weight is 393 g/mol. The summed E-state index contributed by atoms with van der Waals surface area (Å²) < 4.78 is 5.20. The molecular weight excluding hydrogens is 368 g/mol. The van der Waals surface area contributed by atoms with E-state index >= 15 is 0 Å². The number of ether oxygens (including phenoxy) is 1. The number of nitrogens with zero attached hydrogens (tertiary/aromatic N) is 1. The average Bonchev–Trinajstić information content (AvgIpc) is 2.64. The minimum absolute atomic E-state index is 0.0462. The summed E-state index contributed by atoms with van der Waals surface area (Å²) in [7, 11) is 5.67. The predicted octanol–water partition coefficient (Wildman–Crippen LogP) is 4.25. The zero-order valence-electron chi connectivity index (χ0n) is 15.4. The summed E-state index contributed by atoms with van der Waals surface area (Å²) in [5.74, 6) is 1.57. The molecule has 0 fully saturated rings. The van der Waals surface area contributed by atoms with E-state index in [0.29, 0.717) is 18.7 Å². The highest BCUT2D eigenvalue weighted by molar-refractivity contribution is 7.99. The van der Waals surface area contributed by atoms with Crippen molar-refractivity contribution in [3.63, 3.8) is 0 Å². The first-order chi connectivity index (χ1) is 12.5. The Labute approximate surface area is 164 Å². The largest absolute Gasteiger partial charge is 0.497 e. The van der Waals surface area contributed by atoms with E-state index in [9.17, 15) is 4.79 Å². The number of carbonyl (C=O) groups excluding carboxylic acids is 1. The lowest BCUT2D eigenvalue weighted by atomic mass is 10.1. The van der Waals surface area contributed by atoms with E-state index in [1.807, 2.05) is 62.6 Å². The zero-order chi connectivity index (χ0) is 18.9. The number of hydrogen-bond donors (Lipinski definition) is 1. The molecule has 2 aromatic rings. The third-order valence-corrected chi connectivity index (χ3v) is 5.56. The van der Waals surface area contributed by atoms with Crippen LogP contribution in [0.1, 0.15) is 18.0 Å². The SMILES string of the molecule is COc1ccc(C(CNC(=O)CCSc2ccccc2Cl)N(C)C)cc1. The fourth-order valence-electron chi connectivity index (χ4n) is 2.54. The molecule has 0 aliphatic heterocycles. The Morgan fingerprint density at radius 2 is 1.88 bits per heavy atom. The molecule has 0 spiro atoms. The topological polar surface area (TPSA) is 41.6 Å². The Balaban J connectivity index is 1.82. The maximum atomic E-state index is 12.2. The molecule has 0 saturated carbocycles. The predicted molar refractivity (Wildman–Crippen MR) is 109 cm³/mol. The number of thioether (sulfide) groups is 1. The molecule has 0 aromatic heterocycles. The molecule has 2 aromatic carbocycles. The normalized spacial score (nSPS) is 12.0. The first kappa shape index (κ1) is 20.6. The first-order valence-corrected chi connectivity index (χ1v) is 9.82. The molecule has 140 valence electrons. The number of methoxy groups -OCH3 is 1. The van der Waals surface area contributed by atoms with Crippen LogP contribution in [-0.2, 0) is 4.79 Å². The van der Waals surface area contributed by atoms with Crippen LogP contribution in [0.15, 0.2) is 53.4 Å². The van der Waals surface area contributed by atoms with E-state index in [4.69, 9.17) is 16.3 Å². The monoisotopic (exact) mass is 392 g/mol. The zero-order valence-corrected chi connectivity index (χ0v) is 16.9. The molecule has 1 atom stereocenters. The van der Waals surface area contributed by atoms with Crippen LogP contribution in [0.3, 0.4) is 0 Å². The minimum atomic E-state index is 0.0462. The van der Waals surface area contributed by atoms with Gasteiger partial charge in [0.05, 0.1) is 18.2 Å². The van der Waals surface area contributed by atoms with Crippen LogP contribution in [0.4, 0.5) is 0 Å². The van der Waals surface area contributed by atoms with Crippen molar-refractivity contribution in [3.05, 3.63) is 59.1 Å². The van der Waals surface area contributed by atoms with E-state index in [-0.39, 0.29) is 11.9 Å². The number of benzene rings is 2. The maximum Gasteiger partial charge on any atom is 0.220 e. The second-order valence-corrected chi connectivity index (χ2v) is 7.63. The third kappa shape index (κ3) is 6.24. The first-order valence-electron chi connectivity index (χ1n) is 8.45. The smallest absolute Gasteiger partial charge is 0.220 e. The van der Waals surface area contributed by atoms with Crippen LogP contribution in [0.2, 0.25) is 5.02 Å². The van der Waals surface area contributed by atoms with E-state index in [2.05, 4.69) is 10.2 Å². The number of halogens is 1. The van der Waals surface area contributed by atoms with Crippen molar-refractivity contribution < 1.29 is 9.53 Å². The molecule has 1 amide bonds. The van der Waals surface area contributed by atoms with Crippen molar-refractivity contribution in [3.8, 4) is 5.75 Å². The highest BCUT2D eigenvalue weighted by Crippen LogP contribution is 2.27. The van der Waals surface area contributed by atoms with Crippen LogP contribution in [0.5, 0.6) is 5.75 Å². The molecule has 2 rings (SSSR count). The highest BCUT2D eigenvalue weighted by atomic mass is 35.5. The van der Waals surface area contributed by atoms with Crippen molar-refractivity contribution in [1.82, 2.24) is 10.2 Å². The molecule has 0 radical (unpaired) electrons. The van der Waals surface area contributed by atoms with Gasteiger partial charge in [-0.15, -0.1) is 11.8 Å². The van der Waals surface area contributed by atoms with Gasteiger partial charge in [0.25, 0.3) is 0 Å². The number of amides is 1. The van der Waals surface area contributed by atoms with Crippen LogP contribution >= 0.6 is 23.4 Å². The number of rotatable bonds is 9. The molecule has 0 heterocycles. The van der Waals surface area contributed by atoms with Crippen LogP contribution < -0.4 is 10.1 Å². The third-order valence-electron chi connectivity index (χ3n) is 4.04. The van der Waals surface area contributed by atoms with Gasteiger partial charge in [-0.25, -0.2) is 0 Å². The Bertz CT molecular complexity index is 707. The number of hydrogen-bond acceptors (Lipinski definition) is 4. The lowest BCUT2D eigenvalue weighted by Crippen LogP contribution is -2.34. The standard InChI is InChI=1S/C20H25ClN2O2S/c1-23(2)18(15-8-10-16(25-3)11-9-15)14-22-20(24)12-13-26-19-7-5-4-6-17(19)21/h4-11,18H,12-14H2,1-3H3,(H,22,24). The van der Waals surface area contributed by atoms with Gasteiger partial charge in [-0.05, 0) is 43.9 Å². The lowest BCUT2D eigenvalue weighted by molar-refractivity contribution is -0.120. The van der Waals surface area contributed by atoms with Gasteiger partial charge in [0.1, 0.15) is 5.75 Å². The van der Waals surface area contributed by atoms with Crippen molar-refractivity contribution in [1.29, 1.82) is 0 Å². The van der Waals surface area contributed by atoms with Gasteiger partial charge in [0.15, 0.2) is 0 Å². The molecule has 26 heavy (non-hydrogen) atoms. The van der Waals surface area contributed by atoms with Crippen LogP contribution in [0.25, 0.3) is 0 Å². The molecule has 0 aliphatic rings. The molecule has 0 aliphatic carbocycles. The molecule has 1 unspecified atom stereocenters. The van der Waals surface area contributed by atoms with E-state index < -0.39 is 0 Å². The van der Waals surface area contributed by atoms with Gasteiger partial charge in [0, 0.05) is 23.6 Å². The van der Waals surface area contributed by atoms with E-state index in [1.165, 1.54) is 0 Å². The number of nitrogens with one attached hydrogen (secondary N) is 1. The summed E-state index contributed by atoms with van der Waals surface area (Å²) >= 11 is 7.73. The minimum Gasteiger partial charge on any atom is -0.497 e. The Kier molecular flexibility index (Phi) is 8.29. The van der Waals surface area contributed by atoms with E-state index in [1.54, 1.807) is 18.9 Å². The lowest BCUT2D eigenvalue weighted by Gasteiger charge is -2.25. The Morgan fingerprint density at radius 1 is 1.19 bits per heavy atom. The summed E-state index contributed by atoms with van der Waals surface area (Å²) in [5.41, 5.74) is 1.14. The van der Waals surface area contributed by atoms with Crippen LogP contribution in [0, 0.1) is 0 Å². The van der Waals surface area contributed by atoms with Gasteiger partial charge in [-0.3, -0.25) is 4.79 Å². The summed E-state index contributed by atoms with van der Waals surface area (Å²) in [4.78, 5) is 15.3. The van der Waals surface area contributed by atoms with Crippen molar-refractivity contribution in [2.24, 2.45) is 0 Å². The quantitative estimate of drug-likeness (QED) is 0.648. The number of carbonyl (C=O) groups is 1. The molecule has 0 bridgehead atoms. The van der Waals surface area contributed by atoms with Gasteiger partial charge in [-0.1, -0.05) is 35.9 Å². The molecule has 1 N–H and O–H groups in total. The second-order valence-electron chi connectivity index (χ2n) is 6.09. The summed E-state index contributed by atoms with van der Waals surface area (Å²) in [6, 6.07) is 15.7. The van der Waals surface area contributed by atoms with Gasteiger partial charge in [-0.2, -0.15) is 0 Å². The van der Waals surface area contributed by atoms with Crippen molar-refractivity contribution >= 4 is 29.3 Å². The summed E-state index contributed by atoms with van der Waals surface area (Å²) in [6.07, 6.45) is 0.457. The van der Waals surface area contributed by atoms with Crippen molar-refractivity contribution in [2.75, 3.05) is 33.5 Å². The summed E-state index contributed by atoms with van der Waals surface area (Å²) in [6.45, 7) is 0.564. The van der Waals surface area contributed by atoms with Gasteiger partial charge >= 0.3 is 0 Å².